The van der Waals surface area contributed by atoms with Crippen molar-refractivity contribution in [3.05, 3.63) is 69.0 Å². The van der Waals surface area contributed by atoms with Crippen LogP contribution in [0.3, 0.4) is 0 Å². The van der Waals surface area contributed by atoms with Crippen LogP contribution in [-0.4, -0.2) is 58.9 Å². The van der Waals surface area contributed by atoms with Gasteiger partial charge < -0.3 is 29.6 Å². The number of phosphoric ester groups is 1. The standard InChI is InChI=1S/C17H20F2N2O12P2/c18-17(19,10-4-2-1-3-5-10)9-21-12(22)6-7-20(16(21)25)15-14(24)13(23)11(32-15)8-31-35(29,30)33-34(26,27)28/h1-7,11,13-15,23-24H,8-9H2,(H,29,30)(H2,26,27,28)/t11-,13+,14?,15-/m1/s1. The quantitative estimate of drug-likeness (QED) is 0.257. The van der Waals surface area contributed by atoms with Crippen LogP contribution in [0.5, 0.6) is 0 Å². The Kier molecular flexibility index (Phi) is 7.94. The Bertz CT molecular complexity index is 1260. The smallest absolute Gasteiger partial charge is 0.387 e. The predicted octanol–water partition coefficient (Wildman–Crippen LogP) is -0.353. The fourth-order valence-electron chi connectivity index (χ4n) is 3.26. The number of ether oxygens (including phenoxy) is 1. The van der Waals surface area contributed by atoms with E-state index in [0.29, 0.717) is 4.57 Å². The molecule has 1 saturated heterocycles. The third-order valence-electron chi connectivity index (χ3n) is 4.87. The molecule has 5 atom stereocenters. The number of benzene rings is 1. The second-order valence-electron chi connectivity index (χ2n) is 7.38. The molecule has 2 heterocycles. The van der Waals surface area contributed by atoms with E-state index in [1.54, 1.807) is 0 Å². The summed E-state index contributed by atoms with van der Waals surface area (Å²) in [5.74, 6) is -3.63. The van der Waals surface area contributed by atoms with Crippen molar-refractivity contribution in [3.8, 4) is 0 Å². The van der Waals surface area contributed by atoms with Gasteiger partial charge in [0.15, 0.2) is 6.23 Å². The predicted molar refractivity (Wildman–Crippen MR) is 110 cm³/mol. The number of alkyl halides is 2. The third-order valence-corrected chi connectivity index (χ3v) is 7.02. The molecule has 1 aromatic heterocycles. The fraction of sp³-hybridized carbons (Fsp3) is 0.412. The normalized spacial score (nSPS) is 24.9. The van der Waals surface area contributed by atoms with Gasteiger partial charge in [0.1, 0.15) is 18.3 Å². The summed E-state index contributed by atoms with van der Waals surface area (Å²) in [6, 6.07) is 7.15. The Morgan fingerprint density at radius 3 is 2.26 bits per heavy atom. The summed E-state index contributed by atoms with van der Waals surface area (Å²) in [6.07, 6.45) is -6.31. The first-order valence-electron chi connectivity index (χ1n) is 9.62. The molecule has 1 fully saturated rings. The van der Waals surface area contributed by atoms with Crippen LogP contribution in [0.1, 0.15) is 11.8 Å². The lowest BCUT2D eigenvalue weighted by atomic mass is 10.1. The molecule has 5 N–H and O–H groups in total. The van der Waals surface area contributed by atoms with Crippen LogP contribution in [0.15, 0.2) is 52.2 Å². The van der Waals surface area contributed by atoms with E-state index in [-0.39, 0.29) is 4.57 Å². The summed E-state index contributed by atoms with van der Waals surface area (Å²) in [4.78, 5) is 51.5. The minimum atomic E-state index is -5.42. The molecule has 18 heteroatoms. The number of halogens is 2. The van der Waals surface area contributed by atoms with Gasteiger partial charge in [0.2, 0.25) is 0 Å². The van der Waals surface area contributed by atoms with Gasteiger partial charge in [0, 0.05) is 17.8 Å². The van der Waals surface area contributed by atoms with Crippen molar-refractivity contribution in [2.45, 2.75) is 37.0 Å². The monoisotopic (exact) mass is 544 g/mol. The lowest BCUT2D eigenvalue weighted by molar-refractivity contribution is -0.0569. The molecule has 194 valence electrons. The zero-order valence-corrected chi connectivity index (χ0v) is 19.2. The van der Waals surface area contributed by atoms with Crippen molar-refractivity contribution in [2.24, 2.45) is 0 Å². The number of aromatic nitrogens is 2. The Balaban J connectivity index is 1.82. The van der Waals surface area contributed by atoms with Gasteiger partial charge in [0.05, 0.1) is 13.2 Å². The van der Waals surface area contributed by atoms with E-state index in [0.717, 1.165) is 24.4 Å². The molecule has 0 spiro atoms. The van der Waals surface area contributed by atoms with Gasteiger partial charge in [-0.3, -0.25) is 18.5 Å². The maximum absolute atomic E-state index is 14.7. The van der Waals surface area contributed by atoms with Crippen LogP contribution in [0.2, 0.25) is 0 Å². The van der Waals surface area contributed by atoms with Crippen molar-refractivity contribution in [1.29, 1.82) is 0 Å². The van der Waals surface area contributed by atoms with Gasteiger partial charge in [-0.15, -0.1) is 0 Å². The van der Waals surface area contributed by atoms with E-state index in [9.17, 15) is 42.6 Å². The number of hydrogen-bond acceptors (Lipinski definition) is 9. The van der Waals surface area contributed by atoms with Gasteiger partial charge >= 0.3 is 21.3 Å². The van der Waals surface area contributed by atoms with E-state index in [1.807, 2.05) is 0 Å². The van der Waals surface area contributed by atoms with Gasteiger partial charge in [-0.25, -0.2) is 13.9 Å². The number of aliphatic hydroxyl groups is 2. The fourth-order valence-corrected chi connectivity index (χ4v) is 4.86. The molecule has 0 amide bonds. The molecule has 0 radical (unpaired) electrons. The van der Waals surface area contributed by atoms with Crippen LogP contribution in [0.4, 0.5) is 8.78 Å². The first-order chi connectivity index (χ1) is 16.1. The zero-order valence-electron chi connectivity index (χ0n) is 17.4. The second-order valence-corrected chi connectivity index (χ2v) is 10.2. The second kappa shape index (κ2) is 10.1. The van der Waals surface area contributed by atoms with Crippen molar-refractivity contribution >= 4 is 15.6 Å². The SMILES string of the molecule is O=c1ccn([C@@H]2O[C@H](COP(=O)(O)OP(=O)(O)O)[C@H](O)C2O)c(=O)n1CC(F)(F)c1ccccc1. The van der Waals surface area contributed by atoms with E-state index >= 15 is 0 Å². The van der Waals surface area contributed by atoms with E-state index in [4.69, 9.17) is 14.5 Å². The number of nitrogens with zero attached hydrogens (tertiary/aromatic N) is 2. The summed E-state index contributed by atoms with van der Waals surface area (Å²) < 4.78 is 65.5. The lowest BCUT2D eigenvalue weighted by Crippen LogP contribution is -2.45. The first-order valence-corrected chi connectivity index (χ1v) is 12.6. The number of aliphatic hydroxyl groups excluding tert-OH is 2. The molecule has 1 aliphatic heterocycles. The van der Waals surface area contributed by atoms with Crippen LogP contribution in [0, 0.1) is 0 Å². The minimum absolute atomic E-state index is 0.203. The Hall–Kier alpha value is -2.10. The first kappa shape index (κ1) is 27.5. The molecule has 2 aromatic rings. The topological polar surface area (TPSA) is 207 Å². The molecule has 14 nitrogen and oxygen atoms in total. The molecular weight excluding hydrogens is 524 g/mol. The summed E-state index contributed by atoms with van der Waals surface area (Å²) in [5.41, 5.74) is -2.85. The van der Waals surface area contributed by atoms with Crippen LogP contribution in [-0.2, 0) is 35.2 Å². The number of phosphoric acid groups is 2. The molecule has 1 aromatic carbocycles. The molecule has 2 unspecified atom stereocenters. The highest BCUT2D eigenvalue weighted by molar-refractivity contribution is 7.60. The molecule has 35 heavy (non-hydrogen) atoms. The number of rotatable bonds is 9. The van der Waals surface area contributed by atoms with Crippen molar-refractivity contribution < 1.29 is 56.4 Å². The van der Waals surface area contributed by atoms with Crippen LogP contribution >= 0.6 is 15.6 Å². The summed E-state index contributed by atoms with van der Waals surface area (Å²) in [7, 11) is -10.7. The van der Waals surface area contributed by atoms with E-state index in [1.165, 1.54) is 18.2 Å². The van der Waals surface area contributed by atoms with Gasteiger partial charge in [-0.05, 0) is 0 Å². The minimum Gasteiger partial charge on any atom is -0.387 e. The molecule has 0 bridgehead atoms. The van der Waals surface area contributed by atoms with Crippen molar-refractivity contribution in [3.63, 3.8) is 0 Å². The Morgan fingerprint density at radius 2 is 1.66 bits per heavy atom. The molecule has 1 aliphatic rings. The highest BCUT2D eigenvalue weighted by atomic mass is 31.3. The highest BCUT2D eigenvalue weighted by Gasteiger charge is 2.46. The van der Waals surface area contributed by atoms with Gasteiger partial charge in [-0.1, -0.05) is 30.3 Å². The van der Waals surface area contributed by atoms with E-state index in [2.05, 4.69) is 8.83 Å². The summed E-state index contributed by atoms with van der Waals surface area (Å²) in [6.45, 7) is -2.39. The molecule has 3 rings (SSSR count). The summed E-state index contributed by atoms with van der Waals surface area (Å²) in [5, 5.41) is 20.4. The Morgan fingerprint density at radius 1 is 1.03 bits per heavy atom. The van der Waals surface area contributed by atoms with Crippen molar-refractivity contribution in [1.82, 2.24) is 9.13 Å². The molecule has 0 saturated carbocycles. The molecular formula is C17H20F2N2O12P2. The van der Waals surface area contributed by atoms with Gasteiger partial charge in [-0.2, -0.15) is 13.1 Å². The largest absolute Gasteiger partial charge is 0.481 e. The highest BCUT2D eigenvalue weighted by Crippen LogP contribution is 2.57. The Labute approximate surface area is 194 Å². The third kappa shape index (κ3) is 6.57. The molecule has 0 aliphatic carbocycles. The van der Waals surface area contributed by atoms with Crippen LogP contribution in [0.25, 0.3) is 0 Å². The number of hydrogen-bond donors (Lipinski definition) is 5. The average molecular weight is 544 g/mol. The van der Waals surface area contributed by atoms with Crippen LogP contribution < -0.4 is 11.2 Å². The lowest BCUT2D eigenvalue weighted by Gasteiger charge is -2.21. The average Bonchev–Trinajstić information content (AvgIpc) is 3.03. The van der Waals surface area contributed by atoms with E-state index < -0.39 is 76.1 Å². The maximum Gasteiger partial charge on any atom is 0.481 e. The maximum atomic E-state index is 14.7. The van der Waals surface area contributed by atoms with Gasteiger partial charge in [0.25, 0.3) is 11.5 Å². The van der Waals surface area contributed by atoms with Crippen molar-refractivity contribution in [2.75, 3.05) is 6.61 Å². The zero-order chi connectivity index (χ0) is 26.2. The summed E-state index contributed by atoms with van der Waals surface area (Å²) >= 11 is 0.